The maximum absolute atomic E-state index is 15.8. The average Bonchev–Trinajstić information content (AvgIpc) is 1.14. The lowest BCUT2D eigenvalue weighted by molar-refractivity contribution is -0.925. The lowest BCUT2D eigenvalue weighted by Crippen LogP contribution is -2.71. The van der Waals surface area contributed by atoms with E-state index in [1.807, 2.05) is 127 Å². The Hall–Kier alpha value is -10.1. The smallest absolute Gasteiger partial charge is 0.412 e. The molecule has 6 aromatic carbocycles. The molecule has 11 rings (SSSR count). The highest BCUT2D eigenvalue weighted by molar-refractivity contribution is 8.00. The number of thioether (sulfide) groups is 1. The number of hydrogen-bond donors (Lipinski definition) is 2. The molecule has 3 amide bonds. The first-order valence-electron chi connectivity index (χ1n) is 35.8. The summed E-state index contributed by atoms with van der Waals surface area (Å²) in [6, 6.07) is 40.6. The quantitative estimate of drug-likeness (QED) is 0.0106. The van der Waals surface area contributed by atoms with Crippen molar-refractivity contribution < 1.29 is 80.7 Å². The zero-order valence-electron chi connectivity index (χ0n) is 62.7. The van der Waals surface area contributed by atoms with E-state index in [0.717, 1.165) is 35.3 Å². The van der Waals surface area contributed by atoms with E-state index in [4.69, 9.17) is 70.7 Å². The zero-order valence-corrected chi connectivity index (χ0v) is 65.8. The molecule has 0 radical (unpaired) electrons. The first kappa shape index (κ1) is 80.0. The van der Waals surface area contributed by atoms with Crippen LogP contribution in [0.2, 0.25) is 9.36 Å². The molecule has 0 bridgehead atoms. The lowest BCUT2D eigenvalue weighted by atomic mass is 9.99. The molecule has 2 saturated heterocycles. The Kier molecular flexibility index (Phi) is 25.8. The van der Waals surface area contributed by atoms with Crippen LogP contribution in [-0.2, 0) is 87.1 Å². The largest absolute Gasteiger partial charge is 0.497 e. The summed E-state index contributed by atoms with van der Waals surface area (Å²) in [4.78, 5) is 111. The number of methoxy groups -OCH3 is 3. The Bertz CT molecular complexity index is 4730. The normalized spacial score (nSPS) is 15.8. The maximum Gasteiger partial charge on any atom is 0.412 e. The Morgan fingerprint density at radius 3 is 1.81 bits per heavy atom. The van der Waals surface area contributed by atoms with Gasteiger partial charge in [0.25, 0.3) is 11.8 Å². The molecule has 109 heavy (non-hydrogen) atoms. The highest BCUT2D eigenvalue weighted by Gasteiger charge is 2.56. The van der Waals surface area contributed by atoms with Gasteiger partial charge in [-0.25, -0.2) is 14.4 Å². The molecule has 5 heterocycles. The minimum atomic E-state index is -1.82. The van der Waals surface area contributed by atoms with Crippen LogP contribution in [0.4, 0.5) is 9.80 Å². The van der Waals surface area contributed by atoms with Crippen LogP contribution in [-0.4, -0.2) is 131 Å². The number of quaternary nitrogens is 1. The Labute approximate surface area is 651 Å². The summed E-state index contributed by atoms with van der Waals surface area (Å²) >= 11 is 16.9. The molecule has 0 saturated carbocycles. The summed E-state index contributed by atoms with van der Waals surface area (Å²) in [6.07, 6.45) is -0.742. The first-order valence-corrected chi connectivity index (χ1v) is 38.4. The molecule has 23 nitrogen and oxygen atoms in total. The van der Waals surface area contributed by atoms with E-state index in [1.54, 1.807) is 93.0 Å². The minimum absolute atomic E-state index is 0.0174. The third-order valence-corrected chi connectivity index (χ3v) is 21.5. The highest BCUT2D eigenvalue weighted by atomic mass is 35.5. The molecule has 3 unspecified atom stereocenters. The van der Waals surface area contributed by atoms with E-state index >= 15 is 19.2 Å². The molecule has 3 aliphatic rings. The number of esters is 3. The van der Waals surface area contributed by atoms with Gasteiger partial charge in [-0.05, 0) is 125 Å². The number of anilines is 1. The minimum Gasteiger partial charge on any atom is -0.497 e. The number of amides is 3. The van der Waals surface area contributed by atoms with Gasteiger partial charge in [0, 0.05) is 48.5 Å². The van der Waals surface area contributed by atoms with Gasteiger partial charge < -0.3 is 61.8 Å². The van der Waals surface area contributed by atoms with E-state index in [9.17, 15) is 14.4 Å². The Balaban J connectivity index is 0.960. The lowest BCUT2D eigenvalue weighted by Gasteiger charge is -2.50. The van der Waals surface area contributed by atoms with Crippen LogP contribution in [0, 0.1) is 0 Å². The number of nitrogens with one attached hydrogen (secondary N) is 2. The molecule has 8 aromatic rings. The Morgan fingerprint density at radius 2 is 1.27 bits per heavy atom. The fourth-order valence-corrected chi connectivity index (χ4v) is 16.4. The van der Waals surface area contributed by atoms with Crippen LogP contribution in [0.15, 0.2) is 167 Å². The maximum atomic E-state index is 15.8. The van der Waals surface area contributed by atoms with Crippen LogP contribution in [0.1, 0.15) is 125 Å². The number of thiophene rings is 1. The molecular formula is C82H89Cl2N6O17S2+. The van der Waals surface area contributed by atoms with Crippen molar-refractivity contribution in [3.8, 4) is 28.7 Å². The molecular weight excluding hydrogens is 1480 g/mol. The number of hydrogen-bond acceptors (Lipinski definition) is 20. The van der Waals surface area contributed by atoms with Gasteiger partial charge in [0.05, 0.1) is 62.3 Å². The van der Waals surface area contributed by atoms with Gasteiger partial charge in [-0.2, -0.15) is 0 Å². The van der Waals surface area contributed by atoms with Crippen molar-refractivity contribution in [1.29, 1.82) is 0 Å². The van der Waals surface area contributed by atoms with Crippen LogP contribution in [0.3, 0.4) is 0 Å². The molecule has 2 N–H and O–H groups in total. The molecule has 0 spiro atoms. The van der Waals surface area contributed by atoms with Gasteiger partial charge in [0.15, 0.2) is 28.7 Å². The highest BCUT2D eigenvalue weighted by Crippen LogP contribution is 2.46. The summed E-state index contributed by atoms with van der Waals surface area (Å²) in [5, 5.41) is 9.51. The number of β-lactam (4-membered cyclic amide) rings is 1. The number of pyridine rings is 1. The van der Waals surface area contributed by atoms with Crippen molar-refractivity contribution in [2.45, 2.75) is 149 Å². The number of carbonyl (C=O) groups excluding carboxylic acids is 6. The number of benzene rings is 6. The summed E-state index contributed by atoms with van der Waals surface area (Å²) in [7, 11) is 4.70. The SMILES string of the molecule is CCc1c(NC(=O)OC(C)(C)C)sc(Cl)c1C(=NOC(CC(=O)OC(C)(C)C)C(=O)OCc1ccc(OC)cc1)C(=O)NC1C(=O)N2C(C(=O)OC(c3ccccc3)c3ccccc3)=C(C[N+]3(Cc4cn(CC)c5cc(OCc6ccc(OC)cc6)c(OCc6ccc(OC)cc6)c(Cl)c5c4=O)CCCC3)CSC12. The van der Waals surface area contributed by atoms with Gasteiger partial charge in [-0.15, -0.1) is 23.1 Å². The van der Waals surface area contributed by atoms with Crippen LogP contribution >= 0.6 is 46.3 Å². The third kappa shape index (κ3) is 19.3. The molecule has 0 aliphatic carbocycles. The van der Waals surface area contributed by atoms with Crippen molar-refractivity contribution in [2.75, 3.05) is 52.0 Å². The number of nitrogens with zero attached hydrogens (tertiary/aromatic N) is 4. The van der Waals surface area contributed by atoms with Crippen LogP contribution < -0.4 is 39.7 Å². The predicted octanol–water partition coefficient (Wildman–Crippen LogP) is 14.8. The summed E-state index contributed by atoms with van der Waals surface area (Å²) in [6.45, 7) is 15.8. The Morgan fingerprint density at radius 1 is 0.706 bits per heavy atom. The second-order valence-electron chi connectivity index (χ2n) is 28.5. The van der Waals surface area contributed by atoms with Crippen molar-refractivity contribution in [1.82, 2.24) is 14.8 Å². The van der Waals surface area contributed by atoms with E-state index in [2.05, 4.69) is 15.8 Å². The van der Waals surface area contributed by atoms with Gasteiger partial charge in [0.1, 0.15) is 87.8 Å². The number of aromatic nitrogens is 1. The number of oxime groups is 1. The van der Waals surface area contributed by atoms with Gasteiger partial charge >= 0.3 is 24.0 Å². The summed E-state index contributed by atoms with van der Waals surface area (Å²) in [5.41, 5.74) is 2.62. The van der Waals surface area contributed by atoms with E-state index < -0.39 is 82.8 Å². The van der Waals surface area contributed by atoms with Crippen LogP contribution in [0.5, 0.6) is 28.7 Å². The molecule has 3 atom stereocenters. The second-order valence-corrected chi connectivity index (χ2v) is 31.6. The monoisotopic (exact) mass is 1560 g/mol. The second kappa shape index (κ2) is 35.1. The standard InChI is InChI=1S/C82H88Cl2N6O17S2/c1-12-59-64(73(84)109-75(59)86-80(97)106-82(6,7)8)67(87-107-62(41-63(91)105-81(3,4)5)78(95)103-47-51-30-36-58(100-11)37-31-51)74(93)85-68-76(94)89-69(79(96)104-71(52-22-16-14-17-23-52)53-24-18-15-19-25-53)55(48-108-77(68)89)44-90(38-20-21-39-90)43-54-42-88(13-2)60-40-61(101-45-49-26-32-56(98-9)33-27-49)72(66(83)65(60)70(54)92)102-46-50-28-34-57(99-10)35-29-50/h14-19,22-37,40,42,62,68,71,77H,12-13,20-21,38-39,41,43-48H2,1-11H3,(H-,85,86,93,97)/p+1. The number of ether oxygens (including phenoxy) is 9. The van der Waals surface area contributed by atoms with Gasteiger partial charge in [-0.1, -0.05) is 132 Å². The topological polar surface area (TPSA) is 256 Å². The summed E-state index contributed by atoms with van der Waals surface area (Å²) in [5.74, 6) is -1.82. The fourth-order valence-electron chi connectivity index (χ4n) is 13.3. The molecule has 3 aliphatic heterocycles. The number of rotatable bonds is 30. The number of fused-ring (bicyclic) bond motifs is 2. The van der Waals surface area contributed by atoms with Crippen molar-refractivity contribution in [3.05, 3.63) is 221 Å². The predicted molar refractivity (Wildman–Crippen MR) is 417 cm³/mol. The fraction of sp³-hybridized carbons (Fsp3) is 0.366. The van der Waals surface area contributed by atoms with Crippen LogP contribution in [0.25, 0.3) is 10.9 Å². The number of aryl methyl sites for hydroxylation is 1. The molecule has 2 aromatic heterocycles. The number of likely N-dealkylation sites (tertiary alicyclic amines) is 1. The van der Waals surface area contributed by atoms with Crippen molar-refractivity contribution in [2.24, 2.45) is 5.16 Å². The molecule has 27 heteroatoms. The number of carbonyl (C=O) groups is 6. The summed E-state index contributed by atoms with van der Waals surface area (Å²) < 4.78 is 55.0. The van der Waals surface area contributed by atoms with E-state index in [1.165, 1.54) is 23.8 Å². The first-order chi connectivity index (χ1) is 52.2. The van der Waals surface area contributed by atoms with Crippen molar-refractivity contribution in [3.63, 3.8) is 0 Å². The molecule has 574 valence electrons. The van der Waals surface area contributed by atoms with Gasteiger partial charge in [0.2, 0.25) is 6.10 Å². The van der Waals surface area contributed by atoms with Crippen molar-refractivity contribution >= 4 is 104 Å². The molecule has 2 fully saturated rings. The van der Waals surface area contributed by atoms with Gasteiger partial charge in [-0.3, -0.25) is 29.4 Å². The third-order valence-electron chi connectivity index (χ3n) is 18.5. The van der Waals surface area contributed by atoms with E-state index in [0.29, 0.717) is 86.0 Å². The zero-order chi connectivity index (χ0) is 77.9. The number of halogens is 2. The average molecular weight is 1570 g/mol. The van der Waals surface area contributed by atoms with E-state index in [-0.39, 0.29) is 87.3 Å².